The molecule has 0 unspecified atom stereocenters. The van der Waals surface area contributed by atoms with Crippen LogP contribution < -0.4 is 5.32 Å². The molecule has 0 saturated carbocycles. The lowest BCUT2D eigenvalue weighted by atomic mass is 10.1. The highest BCUT2D eigenvalue weighted by Gasteiger charge is 2.03. The van der Waals surface area contributed by atoms with E-state index in [9.17, 15) is 4.79 Å². The van der Waals surface area contributed by atoms with Crippen LogP contribution in [0.25, 0.3) is 0 Å². The van der Waals surface area contributed by atoms with Crippen LogP contribution in [0, 0.1) is 13.8 Å². The van der Waals surface area contributed by atoms with Crippen LogP contribution in [0.5, 0.6) is 0 Å². The van der Waals surface area contributed by atoms with Crippen molar-refractivity contribution in [3.8, 4) is 0 Å². The molecule has 0 aliphatic rings. The van der Waals surface area contributed by atoms with E-state index in [-0.39, 0.29) is 5.91 Å². The maximum absolute atomic E-state index is 11.9. The molecule has 0 aromatic heterocycles. The molecule has 0 bridgehead atoms. The molecule has 1 N–H and O–H groups in total. The summed E-state index contributed by atoms with van der Waals surface area (Å²) in [6.07, 6.45) is 1.49. The smallest absolute Gasteiger partial charge is 0.224 e. The number of aryl methyl sites for hydroxylation is 2. The first-order chi connectivity index (χ1) is 10.6. The fraction of sp³-hybridized carbons (Fsp3) is 0.316. The summed E-state index contributed by atoms with van der Waals surface area (Å²) in [6.45, 7) is 4.09. The lowest BCUT2D eigenvalue weighted by Crippen LogP contribution is -2.11. The maximum atomic E-state index is 11.9. The van der Waals surface area contributed by atoms with E-state index < -0.39 is 0 Å². The number of carbonyl (C=O) groups excluding carboxylic acids is 1. The minimum absolute atomic E-state index is 0.102. The summed E-state index contributed by atoms with van der Waals surface area (Å²) in [6, 6.07) is 16.6. The standard InChI is InChI=1S/C19H23NOS/c1-15-11-16(2)13-18(12-15)20-19(21)9-6-10-22-14-17-7-4-3-5-8-17/h3-5,7-8,11-13H,6,9-10,14H2,1-2H3,(H,20,21). The average Bonchev–Trinajstić information content (AvgIpc) is 2.47. The fourth-order valence-electron chi connectivity index (χ4n) is 2.37. The molecular weight excluding hydrogens is 290 g/mol. The first-order valence-corrected chi connectivity index (χ1v) is 8.79. The molecule has 2 aromatic carbocycles. The van der Waals surface area contributed by atoms with Crippen LogP contribution in [0.1, 0.15) is 29.5 Å². The highest BCUT2D eigenvalue weighted by molar-refractivity contribution is 7.98. The zero-order valence-electron chi connectivity index (χ0n) is 13.3. The van der Waals surface area contributed by atoms with E-state index in [1.807, 2.05) is 43.8 Å². The van der Waals surface area contributed by atoms with Crippen LogP contribution in [0.4, 0.5) is 5.69 Å². The van der Waals surface area contributed by atoms with Crippen LogP contribution in [-0.2, 0) is 10.5 Å². The second kappa shape index (κ2) is 8.64. The van der Waals surface area contributed by atoms with Gasteiger partial charge in [-0.2, -0.15) is 11.8 Å². The van der Waals surface area contributed by atoms with Gasteiger partial charge in [0.2, 0.25) is 5.91 Å². The number of nitrogens with one attached hydrogen (secondary N) is 1. The summed E-state index contributed by atoms with van der Waals surface area (Å²) in [7, 11) is 0. The van der Waals surface area contributed by atoms with E-state index in [0.29, 0.717) is 6.42 Å². The summed E-state index contributed by atoms with van der Waals surface area (Å²) in [4.78, 5) is 11.9. The highest BCUT2D eigenvalue weighted by Crippen LogP contribution is 2.16. The molecule has 2 rings (SSSR count). The van der Waals surface area contributed by atoms with Crippen LogP contribution in [-0.4, -0.2) is 11.7 Å². The summed E-state index contributed by atoms with van der Waals surface area (Å²) < 4.78 is 0. The fourth-order valence-corrected chi connectivity index (χ4v) is 3.29. The highest BCUT2D eigenvalue weighted by atomic mass is 32.2. The molecule has 0 radical (unpaired) electrons. The van der Waals surface area contributed by atoms with E-state index in [1.54, 1.807) is 0 Å². The van der Waals surface area contributed by atoms with E-state index in [2.05, 4.69) is 35.6 Å². The van der Waals surface area contributed by atoms with Gasteiger partial charge in [0.1, 0.15) is 0 Å². The van der Waals surface area contributed by atoms with Crippen LogP contribution in [0.2, 0.25) is 0 Å². The number of carbonyl (C=O) groups is 1. The second-order valence-electron chi connectivity index (χ2n) is 5.57. The summed E-state index contributed by atoms with van der Waals surface area (Å²) in [5.74, 6) is 2.12. The van der Waals surface area contributed by atoms with Gasteiger partial charge in [0, 0.05) is 17.9 Å². The first kappa shape index (κ1) is 16.6. The maximum Gasteiger partial charge on any atom is 0.224 e. The molecule has 0 heterocycles. The van der Waals surface area contributed by atoms with Crippen LogP contribution >= 0.6 is 11.8 Å². The number of anilines is 1. The zero-order valence-corrected chi connectivity index (χ0v) is 14.1. The zero-order chi connectivity index (χ0) is 15.8. The van der Waals surface area contributed by atoms with E-state index in [1.165, 1.54) is 16.7 Å². The topological polar surface area (TPSA) is 29.1 Å². The lowest BCUT2D eigenvalue weighted by Gasteiger charge is -2.07. The quantitative estimate of drug-likeness (QED) is 0.732. The Bertz CT molecular complexity index is 590. The Morgan fingerprint density at radius 1 is 1.05 bits per heavy atom. The van der Waals surface area contributed by atoms with Crippen molar-refractivity contribution in [1.29, 1.82) is 0 Å². The van der Waals surface area contributed by atoms with Crippen molar-refractivity contribution in [2.45, 2.75) is 32.4 Å². The largest absolute Gasteiger partial charge is 0.326 e. The Morgan fingerprint density at radius 3 is 2.41 bits per heavy atom. The Morgan fingerprint density at radius 2 is 1.73 bits per heavy atom. The summed E-state index contributed by atoms with van der Waals surface area (Å²) in [5.41, 5.74) is 4.59. The molecule has 0 aliphatic carbocycles. The molecule has 0 spiro atoms. The van der Waals surface area contributed by atoms with E-state index in [4.69, 9.17) is 0 Å². The third-order valence-corrected chi connectivity index (χ3v) is 4.42. The van der Waals surface area contributed by atoms with Crippen molar-refractivity contribution < 1.29 is 4.79 Å². The van der Waals surface area contributed by atoms with Gasteiger partial charge in [-0.3, -0.25) is 4.79 Å². The SMILES string of the molecule is Cc1cc(C)cc(NC(=O)CCCSCc2ccccc2)c1. The minimum atomic E-state index is 0.102. The molecule has 0 fully saturated rings. The third-order valence-electron chi connectivity index (χ3n) is 3.31. The molecule has 116 valence electrons. The van der Waals surface area contributed by atoms with Crippen molar-refractivity contribution in [3.05, 3.63) is 65.2 Å². The first-order valence-electron chi connectivity index (χ1n) is 7.63. The number of benzene rings is 2. The number of hydrogen-bond donors (Lipinski definition) is 1. The average molecular weight is 313 g/mol. The number of rotatable bonds is 7. The molecule has 0 saturated heterocycles. The molecule has 2 aromatic rings. The molecule has 0 aliphatic heterocycles. The van der Waals surface area contributed by atoms with Gasteiger partial charge >= 0.3 is 0 Å². The lowest BCUT2D eigenvalue weighted by molar-refractivity contribution is -0.116. The predicted octanol–water partition coefficient (Wildman–Crippen LogP) is 4.96. The second-order valence-corrected chi connectivity index (χ2v) is 6.67. The molecule has 22 heavy (non-hydrogen) atoms. The van der Waals surface area contributed by atoms with Gasteiger partial charge < -0.3 is 5.32 Å². The third kappa shape index (κ3) is 5.94. The van der Waals surface area contributed by atoms with E-state index in [0.717, 1.165) is 23.6 Å². The number of hydrogen-bond acceptors (Lipinski definition) is 2. The molecule has 1 amide bonds. The van der Waals surface area contributed by atoms with Crippen molar-refractivity contribution in [2.75, 3.05) is 11.1 Å². The summed E-state index contributed by atoms with van der Waals surface area (Å²) in [5, 5.41) is 2.98. The Kier molecular flexibility index (Phi) is 6.53. The number of thioether (sulfide) groups is 1. The molecule has 3 heteroatoms. The predicted molar refractivity (Wildman–Crippen MR) is 96.4 cm³/mol. The van der Waals surface area contributed by atoms with Gasteiger partial charge in [-0.1, -0.05) is 36.4 Å². The normalized spacial score (nSPS) is 10.5. The summed E-state index contributed by atoms with van der Waals surface area (Å²) >= 11 is 1.88. The number of amides is 1. The van der Waals surface area contributed by atoms with Crippen LogP contribution in [0.15, 0.2) is 48.5 Å². The van der Waals surface area contributed by atoms with Gasteiger partial charge in [-0.25, -0.2) is 0 Å². The van der Waals surface area contributed by atoms with Gasteiger partial charge in [0.05, 0.1) is 0 Å². The van der Waals surface area contributed by atoms with Crippen LogP contribution in [0.3, 0.4) is 0 Å². The van der Waals surface area contributed by atoms with Crippen molar-refractivity contribution in [1.82, 2.24) is 0 Å². The van der Waals surface area contributed by atoms with Crippen molar-refractivity contribution >= 4 is 23.4 Å². The van der Waals surface area contributed by atoms with Crippen molar-refractivity contribution in [3.63, 3.8) is 0 Å². The molecule has 0 atom stereocenters. The van der Waals surface area contributed by atoms with E-state index >= 15 is 0 Å². The van der Waals surface area contributed by atoms with Gasteiger partial charge in [-0.05, 0) is 54.8 Å². The monoisotopic (exact) mass is 313 g/mol. The Balaban J connectivity index is 1.65. The van der Waals surface area contributed by atoms with Gasteiger partial charge in [0.15, 0.2) is 0 Å². The molecule has 2 nitrogen and oxygen atoms in total. The molecular formula is C19H23NOS. The van der Waals surface area contributed by atoms with Crippen molar-refractivity contribution in [2.24, 2.45) is 0 Å². The van der Waals surface area contributed by atoms with Gasteiger partial charge in [-0.15, -0.1) is 0 Å². The minimum Gasteiger partial charge on any atom is -0.326 e. The Hall–Kier alpha value is -1.74. The van der Waals surface area contributed by atoms with Gasteiger partial charge in [0.25, 0.3) is 0 Å². The Labute approximate surface area is 137 Å².